The summed E-state index contributed by atoms with van der Waals surface area (Å²) in [6, 6.07) is 15.9. The normalized spacial score (nSPS) is 14.6. The number of carbonyl (C=O) groups is 1. The Balaban J connectivity index is 0.00000243. The Morgan fingerprint density at radius 2 is 1.62 bits per heavy atom. The number of rotatable bonds is 5. The minimum atomic E-state index is 0. The molecule has 2 aromatic rings. The fourth-order valence-electron chi connectivity index (χ4n) is 3.40. The zero-order valence-electron chi connectivity index (χ0n) is 15.2. The van der Waals surface area contributed by atoms with E-state index in [1.54, 1.807) is 7.11 Å². The predicted molar refractivity (Wildman–Crippen MR) is 107 cm³/mol. The molecule has 1 aliphatic rings. The number of methoxy groups -OCH3 is 1. The van der Waals surface area contributed by atoms with Crippen molar-refractivity contribution >= 4 is 18.3 Å². The Morgan fingerprint density at radius 3 is 2.15 bits per heavy atom. The third-order valence-electron chi connectivity index (χ3n) is 5.02. The molecule has 26 heavy (non-hydrogen) atoms. The zero-order valence-corrected chi connectivity index (χ0v) is 16.0. The summed E-state index contributed by atoms with van der Waals surface area (Å²) in [6.07, 6.45) is 3.18. The summed E-state index contributed by atoms with van der Waals surface area (Å²) >= 11 is 0. The van der Waals surface area contributed by atoms with Gasteiger partial charge < -0.3 is 15.4 Å². The maximum atomic E-state index is 12.6. The first-order valence-electron chi connectivity index (χ1n) is 8.91. The maximum Gasteiger partial charge on any atom is 0.253 e. The number of nitrogens with zero attached hydrogens (tertiary/aromatic N) is 1. The number of ether oxygens (including phenoxy) is 1. The molecular weight excluding hydrogens is 348 g/mol. The van der Waals surface area contributed by atoms with Crippen LogP contribution in [0, 0.1) is 5.92 Å². The van der Waals surface area contributed by atoms with Gasteiger partial charge in [-0.1, -0.05) is 24.3 Å². The average molecular weight is 375 g/mol. The molecule has 1 fully saturated rings. The third-order valence-corrected chi connectivity index (χ3v) is 5.02. The fraction of sp³-hybridized carbons (Fsp3) is 0.381. The Bertz CT molecular complexity index is 693. The maximum absolute atomic E-state index is 12.6. The van der Waals surface area contributed by atoms with Crippen LogP contribution < -0.4 is 10.5 Å². The molecule has 0 aromatic heterocycles. The number of nitrogens with two attached hydrogens (primary N) is 1. The van der Waals surface area contributed by atoms with E-state index in [4.69, 9.17) is 10.5 Å². The number of benzene rings is 2. The molecule has 0 atom stereocenters. The van der Waals surface area contributed by atoms with Gasteiger partial charge in [0.05, 0.1) is 7.11 Å². The number of carbonyl (C=O) groups excluding carboxylic acids is 1. The first-order valence-corrected chi connectivity index (χ1v) is 8.91. The van der Waals surface area contributed by atoms with E-state index >= 15 is 0 Å². The molecule has 1 heterocycles. The number of amides is 1. The van der Waals surface area contributed by atoms with Crippen LogP contribution in [0.5, 0.6) is 5.75 Å². The van der Waals surface area contributed by atoms with Crippen molar-refractivity contribution in [3.8, 4) is 5.75 Å². The van der Waals surface area contributed by atoms with Crippen molar-refractivity contribution < 1.29 is 9.53 Å². The van der Waals surface area contributed by atoms with Crippen LogP contribution >= 0.6 is 12.4 Å². The van der Waals surface area contributed by atoms with Crippen LogP contribution in [-0.4, -0.2) is 31.0 Å². The molecule has 1 saturated heterocycles. The smallest absolute Gasteiger partial charge is 0.253 e. The highest BCUT2D eigenvalue weighted by Gasteiger charge is 2.23. The highest BCUT2D eigenvalue weighted by molar-refractivity contribution is 5.94. The van der Waals surface area contributed by atoms with Gasteiger partial charge in [0.15, 0.2) is 0 Å². The molecule has 5 heteroatoms. The molecule has 2 aromatic carbocycles. The summed E-state index contributed by atoms with van der Waals surface area (Å²) in [5.41, 5.74) is 8.75. The molecular formula is C21H27ClN2O2. The number of hydrogen-bond acceptors (Lipinski definition) is 3. The van der Waals surface area contributed by atoms with Gasteiger partial charge in [-0.2, -0.15) is 0 Å². The molecule has 0 aliphatic carbocycles. The Hall–Kier alpha value is -2.04. The second-order valence-corrected chi connectivity index (χ2v) is 6.69. The van der Waals surface area contributed by atoms with Crippen LogP contribution in [0.3, 0.4) is 0 Å². The van der Waals surface area contributed by atoms with Gasteiger partial charge in [0.2, 0.25) is 0 Å². The molecule has 0 saturated carbocycles. The molecule has 0 radical (unpaired) electrons. The second-order valence-electron chi connectivity index (χ2n) is 6.69. The minimum Gasteiger partial charge on any atom is -0.497 e. The van der Waals surface area contributed by atoms with Crippen molar-refractivity contribution in [2.75, 3.05) is 20.2 Å². The molecule has 1 amide bonds. The van der Waals surface area contributed by atoms with Gasteiger partial charge in [0.25, 0.3) is 5.91 Å². The molecule has 4 nitrogen and oxygen atoms in total. The van der Waals surface area contributed by atoms with E-state index < -0.39 is 0 Å². The summed E-state index contributed by atoms with van der Waals surface area (Å²) in [4.78, 5) is 14.6. The summed E-state index contributed by atoms with van der Waals surface area (Å²) in [5, 5.41) is 0. The number of likely N-dealkylation sites (tertiary alicyclic amines) is 1. The summed E-state index contributed by atoms with van der Waals surface area (Å²) in [5.74, 6) is 1.66. The summed E-state index contributed by atoms with van der Waals surface area (Å²) < 4.78 is 5.21. The summed E-state index contributed by atoms with van der Waals surface area (Å²) in [7, 11) is 1.69. The van der Waals surface area contributed by atoms with Crippen molar-refractivity contribution in [3.05, 3.63) is 65.2 Å². The lowest BCUT2D eigenvalue weighted by Gasteiger charge is -2.32. The summed E-state index contributed by atoms with van der Waals surface area (Å²) in [6.45, 7) is 2.17. The zero-order chi connectivity index (χ0) is 17.6. The van der Waals surface area contributed by atoms with Gasteiger partial charge in [-0.15, -0.1) is 12.4 Å². The molecule has 0 spiro atoms. The first kappa shape index (κ1) is 20.3. The Labute approximate surface area is 161 Å². The predicted octanol–water partition coefficient (Wildman–Crippen LogP) is 3.67. The topological polar surface area (TPSA) is 55.6 Å². The standard InChI is InChI=1S/C21H26N2O2.ClH/c1-25-20-8-4-16(5-9-20)14-17-10-12-23(13-11-17)21(24)19-6-2-18(15-22)3-7-19;/h2-9,17H,10-15,22H2,1H3;1H. The SMILES string of the molecule is COc1ccc(CC2CCN(C(=O)c3ccc(CN)cc3)CC2)cc1.Cl. The van der Waals surface area contributed by atoms with E-state index in [1.807, 2.05) is 41.3 Å². The lowest BCUT2D eigenvalue weighted by atomic mass is 9.90. The Kier molecular flexibility index (Phi) is 7.49. The average Bonchev–Trinajstić information content (AvgIpc) is 2.69. The van der Waals surface area contributed by atoms with Crippen LogP contribution in [0.15, 0.2) is 48.5 Å². The van der Waals surface area contributed by atoms with E-state index in [1.165, 1.54) is 5.56 Å². The van der Waals surface area contributed by atoms with Crippen molar-refractivity contribution in [2.24, 2.45) is 11.7 Å². The lowest BCUT2D eigenvalue weighted by Crippen LogP contribution is -2.38. The van der Waals surface area contributed by atoms with Gasteiger partial charge >= 0.3 is 0 Å². The van der Waals surface area contributed by atoms with E-state index in [0.717, 1.165) is 49.2 Å². The quantitative estimate of drug-likeness (QED) is 0.868. The lowest BCUT2D eigenvalue weighted by molar-refractivity contribution is 0.0690. The number of halogens is 1. The van der Waals surface area contributed by atoms with Crippen LogP contribution in [0.2, 0.25) is 0 Å². The third kappa shape index (κ3) is 4.99. The van der Waals surface area contributed by atoms with Crippen LogP contribution in [0.4, 0.5) is 0 Å². The Morgan fingerprint density at radius 1 is 1.04 bits per heavy atom. The largest absolute Gasteiger partial charge is 0.497 e. The van der Waals surface area contributed by atoms with Crippen LogP contribution in [0.25, 0.3) is 0 Å². The molecule has 0 bridgehead atoms. The van der Waals surface area contributed by atoms with Crippen LogP contribution in [-0.2, 0) is 13.0 Å². The molecule has 0 unspecified atom stereocenters. The van der Waals surface area contributed by atoms with Crippen LogP contribution in [0.1, 0.15) is 34.3 Å². The van der Waals surface area contributed by atoms with E-state index in [9.17, 15) is 4.79 Å². The van der Waals surface area contributed by atoms with Gasteiger partial charge in [-0.05, 0) is 60.6 Å². The van der Waals surface area contributed by atoms with E-state index in [0.29, 0.717) is 12.5 Å². The fourth-order valence-corrected chi connectivity index (χ4v) is 3.40. The van der Waals surface area contributed by atoms with Gasteiger partial charge in [-0.25, -0.2) is 0 Å². The molecule has 1 aliphatic heterocycles. The first-order chi connectivity index (χ1) is 12.2. The van der Waals surface area contributed by atoms with Crippen molar-refractivity contribution in [1.29, 1.82) is 0 Å². The molecule has 140 valence electrons. The number of hydrogen-bond donors (Lipinski definition) is 1. The molecule has 2 N–H and O–H groups in total. The van der Waals surface area contributed by atoms with E-state index in [2.05, 4.69) is 12.1 Å². The molecule has 3 rings (SSSR count). The minimum absolute atomic E-state index is 0. The highest BCUT2D eigenvalue weighted by Crippen LogP contribution is 2.24. The van der Waals surface area contributed by atoms with Crippen molar-refractivity contribution in [2.45, 2.75) is 25.8 Å². The van der Waals surface area contributed by atoms with E-state index in [-0.39, 0.29) is 18.3 Å². The monoisotopic (exact) mass is 374 g/mol. The highest BCUT2D eigenvalue weighted by atomic mass is 35.5. The van der Waals surface area contributed by atoms with Crippen molar-refractivity contribution in [1.82, 2.24) is 4.90 Å². The van der Waals surface area contributed by atoms with Gasteiger partial charge in [0, 0.05) is 25.2 Å². The van der Waals surface area contributed by atoms with Gasteiger partial charge in [0.1, 0.15) is 5.75 Å². The number of piperidine rings is 1. The second kappa shape index (κ2) is 9.60. The van der Waals surface area contributed by atoms with Crippen molar-refractivity contribution in [3.63, 3.8) is 0 Å². The van der Waals surface area contributed by atoms with Gasteiger partial charge in [-0.3, -0.25) is 4.79 Å².